The van der Waals surface area contributed by atoms with Gasteiger partial charge in [0.15, 0.2) is 6.10 Å². The van der Waals surface area contributed by atoms with Crippen molar-refractivity contribution in [3.63, 3.8) is 0 Å². The van der Waals surface area contributed by atoms with Gasteiger partial charge in [-0.15, -0.1) is 0 Å². The summed E-state index contributed by atoms with van der Waals surface area (Å²) in [7, 11) is 1.63. The summed E-state index contributed by atoms with van der Waals surface area (Å²) in [6, 6.07) is 5.57. The van der Waals surface area contributed by atoms with E-state index in [1.807, 2.05) is 23.1 Å². The van der Waals surface area contributed by atoms with Crippen LogP contribution in [0.3, 0.4) is 0 Å². The Kier molecular flexibility index (Phi) is 5.42. The first-order chi connectivity index (χ1) is 10.4. The summed E-state index contributed by atoms with van der Waals surface area (Å²) in [5, 5.41) is 0. The van der Waals surface area contributed by atoms with Crippen LogP contribution in [0.15, 0.2) is 18.2 Å². The zero-order valence-corrected chi connectivity index (χ0v) is 13.8. The third-order valence-corrected chi connectivity index (χ3v) is 3.90. The van der Waals surface area contributed by atoms with Crippen LogP contribution in [0.25, 0.3) is 0 Å². The lowest BCUT2D eigenvalue weighted by Gasteiger charge is -2.34. The molecular weight excluding hydrogens is 280 g/mol. The van der Waals surface area contributed by atoms with Crippen LogP contribution in [0.2, 0.25) is 0 Å². The molecule has 2 atom stereocenters. The molecule has 1 aromatic carbocycles. The molecule has 0 saturated carbocycles. The Morgan fingerprint density at radius 2 is 2.14 bits per heavy atom. The summed E-state index contributed by atoms with van der Waals surface area (Å²) in [4.78, 5) is 14.3. The van der Waals surface area contributed by atoms with Crippen LogP contribution < -0.4 is 15.4 Å². The fourth-order valence-corrected chi connectivity index (χ4v) is 2.55. The van der Waals surface area contributed by atoms with Crippen molar-refractivity contribution in [2.45, 2.75) is 39.3 Å². The Morgan fingerprint density at radius 1 is 1.41 bits per heavy atom. The van der Waals surface area contributed by atoms with Crippen molar-refractivity contribution < 1.29 is 14.3 Å². The fraction of sp³-hybridized carbons (Fsp3) is 0.588. The minimum Gasteiger partial charge on any atom is -0.479 e. The monoisotopic (exact) mass is 306 g/mol. The summed E-state index contributed by atoms with van der Waals surface area (Å²) in [5.74, 6) is 1.28. The van der Waals surface area contributed by atoms with E-state index < -0.39 is 6.10 Å². The van der Waals surface area contributed by atoms with E-state index in [2.05, 4.69) is 13.8 Å². The Balaban J connectivity index is 2.32. The predicted octanol–water partition coefficient (Wildman–Crippen LogP) is 2.49. The Morgan fingerprint density at radius 3 is 2.77 bits per heavy atom. The van der Waals surface area contributed by atoms with Crippen LogP contribution in [0.1, 0.15) is 38.8 Å². The van der Waals surface area contributed by atoms with Crippen molar-refractivity contribution in [3.8, 4) is 5.75 Å². The van der Waals surface area contributed by atoms with Gasteiger partial charge in [0.2, 0.25) is 0 Å². The molecule has 1 aliphatic heterocycles. The van der Waals surface area contributed by atoms with E-state index in [1.54, 1.807) is 14.0 Å². The smallest absolute Gasteiger partial charge is 0.267 e. The van der Waals surface area contributed by atoms with Crippen molar-refractivity contribution in [1.82, 2.24) is 0 Å². The van der Waals surface area contributed by atoms with Crippen LogP contribution in [-0.4, -0.2) is 32.3 Å². The highest BCUT2D eigenvalue weighted by molar-refractivity contribution is 5.99. The Bertz CT molecular complexity index is 531. The van der Waals surface area contributed by atoms with Crippen molar-refractivity contribution in [2.24, 2.45) is 11.7 Å². The number of methoxy groups -OCH3 is 1. The molecule has 2 unspecified atom stereocenters. The summed E-state index contributed by atoms with van der Waals surface area (Å²) >= 11 is 0. The predicted molar refractivity (Wildman–Crippen MR) is 87.1 cm³/mol. The summed E-state index contributed by atoms with van der Waals surface area (Å²) in [6.07, 6.45) is 0.504. The molecule has 5 nitrogen and oxygen atoms in total. The third-order valence-electron chi connectivity index (χ3n) is 3.90. The summed E-state index contributed by atoms with van der Waals surface area (Å²) in [6.45, 7) is 7.23. The first kappa shape index (κ1) is 16.8. The fourth-order valence-electron chi connectivity index (χ4n) is 2.55. The second-order valence-electron chi connectivity index (χ2n) is 6.22. The number of benzene rings is 1. The zero-order chi connectivity index (χ0) is 16.3. The normalized spacial score (nSPS) is 19.1. The molecule has 0 fully saturated rings. The molecule has 0 aliphatic carbocycles. The maximum absolute atomic E-state index is 12.5. The topological polar surface area (TPSA) is 64.8 Å². The maximum atomic E-state index is 12.5. The number of fused-ring (bicyclic) bond motifs is 1. The number of hydrogen-bond acceptors (Lipinski definition) is 4. The van der Waals surface area contributed by atoms with Gasteiger partial charge in [0.05, 0.1) is 18.3 Å². The Labute approximate surface area is 132 Å². The van der Waals surface area contributed by atoms with E-state index in [0.29, 0.717) is 19.1 Å². The van der Waals surface area contributed by atoms with E-state index in [-0.39, 0.29) is 11.9 Å². The zero-order valence-electron chi connectivity index (χ0n) is 13.8. The van der Waals surface area contributed by atoms with Crippen LogP contribution in [0, 0.1) is 5.92 Å². The minimum absolute atomic E-state index is 0.00520. The lowest BCUT2D eigenvalue weighted by Crippen LogP contribution is -2.45. The number of carbonyl (C=O) groups is 1. The lowest BCUT2D eigenvalue weighted by atomic mass is 10.0. The molecule has 22 heavy (non-hydrogen) atoms. The quantitative estimate of drug-likeness (QED) is 0.877. The number of hydrogen-bond donors (Lipinski definition) is 1. The number of ether oxygens (including phenoxy) is 2. The van der Waals surface area contributed by atoms with Gasteiger partial charge in [-0.05, 0) is 37.0 Å². The average Bonchev–Trinajstić information content (AvgIpc) is 2.47. The van der Waals surface area contributed by atoms with Crippen molar-refractivity contribution in [3.05, 3.63) is 23.8 Å². The molecule has 1 aromatic rings. The van der Waals surface area contributed by atoms with Gasteiger partial charge in [-0.2, -0.15) is 0 Å². The van der Waals surface area contributed by atoms with Gasteiger partial charge in [-0.25, -0.2) is 0 Å². The first-order valence-electron chi connectivity index (χ1n) is 7.80. The van der Waals surface area contributed by atoms with Crippen molar-refractivity contribution in [2.75, 3.05) is 25.2 Å². The van der Waals surface area contributed by atoms with E-state index in [4.69, 9.17) is 15.2 Å². The molecule has 0 spiro atoms. The van der Waals surface area contributed by atoms with E-state index in [0.717, 1.165) is 23.4 Å². The van der Waals surface area contributed by atoms with Gasteiger partial charge in [0.1, 0.15) is 5.75 Å². The summed E-state index contributed by atoms with van der Waals surface area (Å²) in [5.41, 5.74) is 7.86. The average molecular weight is 306 g/mol. The SMILES string of the molecule is COCC(N)c1ccc2c(c1)N(CCC(C)C)C(=O)C(C)O2. The Hall–Kier alpha value is -1.59. The van der Waals surface area contributed by atoms with Crippen molar-refractivity contribution in [1.29, 1.82) is 0 Å². The van der Waals surface area contributed by atoms with Gasteiger partial charge < -0.3 is 20.1 Å². The van der Waals surface area contributed by atoms with Gasteiger partial charge in [0.25, 0.3) is 5.91 Å². The number of rotatable bonds is 6. The number of nitrogens with two attached hydrogens (primary N) is 1. The number of nitrogens with zero attached hydrogens (tertiary/aromatic N) is 1. The van der Waals surface area contributed by atoms with Crippen LogP contribution >= 0.6 is 0 Å². The molecule has 5 heteroatoms. The minimum atomic E-state index is -0.446. The van der Waals surface area contributed by atoms with Crippen LogP contribution in [-0.2, 0) is 9.53 Å². The first-order valence-corrected chi connectivity index (χ1v) is 7.80. The molecule has 122 valence electrons. The second kappa shape index (κ2) is 7.11. The number of amides is 1. The highest BCUT2D eigenvalue weighted by atomic mass is 16.5. The maximum Gasteiger partial charge on any atom is 0.267 e. The molecule has 0 radical (unpaired) electrons. The molecule has 0 saturated heterocycles. The lowest BCUT2D eigenvalue weighted by molar-refractivity contribution is -0.125. The largest absolute Gasteiger partial charge is 0.479 e. The van der Waals surface area contributed by atoms with E-state index in [9.17, 15) is 4.79 Å². The van der Waals surface area contributed by atoms with Gasteiger partial charge in [0, 0.05) is 13.7 Å². The van der Waals surface area contributed by atoms with Gasteiger partial charge in [-0.3, -0.25) is 4.79 Å². The van der Waals surface area contributed by atoms with Crippen LogP contribution in [0.4, 0.5) is 5.69 Å². The van der Waals surface area contributed by atoms with Gasteiger partial charge in [-0.1, -0.05) is 19.9 Å². The van der Waals surface area contributed by atoms with Crippen molar-refractivity contribution >= 4 is 11.6 Å². The van der Waals surface area contributed by atoms with Crippen LogP contribution in [0.5, 0.6) is 5.75 Å². The van der Waals surface area contributed by atoms with E-state index in [1.165, 1.54) is 0 Å². The molecule has 0 bridgehead atoms. The standard InChI is InChI=1S/C17H26N2O3/c1-11(2)7-8-19-15-9-13(14(18)10-21-4)5-6-16(15)22-12(3)17(19)20/h5-6,9,11-12,14H,7-8,10,18H2,1-4H3. The highest BCUT2D eigenvalue weighted by Crippen LogP contribution is 2.36. The molecule has 1 aliphatic rings. The molecule has 0 aromatic heterocycles. The molecule has 2 rings (SSSR count). The molecule has 1 amide bonds. The second-order valence-corrected chi connectivity index (χ2v) is 6.22. The number of carbonyl (C=O) groups excluding carboxylic acids is 1. The molecular formula is C17H26N2O3. The van der Waals surface area contributed by atoms with Gasteiger partial charge >= 0.3 is 0 Å². The number of anilines is 1. The summed E-state index contributed by atoms with van der Waals surface area (Å²) < 4.78 is 10.8. The molecule has 2 N–H and O–H groups in total. The highest BCUT2D eigenvalue weighted by Gasteiger charge is 2.31. The van der Waals surface area contributed by atoms with E-state index >= 15 is 0 Å². The third kappa shape index (κ3) is 3.59. The molecule has 1 heterocycles.